The van der Waals surface area contributed by atoms with Gasteiger partial charge in [-0.3, -0.25) is 4.90 Å². The molecule has 2 heterocycles. The van der Waals surface area contributed by atoms with Gasteiger partial charge < -0.3 is 10.2 Å². The molecule has 2 rings (SSSR count). The summed E-state index contributed by atoms with van der Waals surface area (Å²) in [7, 11) is 0. The number of piperazine rings is 1. The number of rotatable bonds is 4. The molecule has 1 unspecified atom stereocenters. The fourth-order valence-electron chi connectivity index (χ4n) is 2.36. The van der Waals surface area contributed by atoms with E-state index in [-0.39, 0.29) is 12.1 Å². The van der Waals surface area contributed by atoms with E-state index >= 15 is 0 Å². The molecule has 1 N–H and O–H groups in total. The minimum atomic E-state index is -0.189. The minimum Gasteiger partial charge on any atom is -0.338 e. The molecule has 0 bridgehead atoms. The fraction of sp³-hybridized carbons (Fsp3) is 0.600. The molecule has 2 amide bonds. The number of hydrogen-bond acceptors (Lipinski definition) is 4. The molecule has 0 spiro atoms. The largest absolute Gasteiger partial charge is 0.338 e. The van der Waals surface area contributed by atoms with E-state index in [4.69, 9.17) is 0 Å². The van der Waals surface area contributed by atoms with Crippen LogP contribution in [0.5, 0.6) is 0 Å². The van der Waals surface area contributed by atoms with E-state index in [1.165, 1.54) is 0 Å². The topological polar surface area (TPSA) is 59.4 Å². The smallest absolute Gasteiger partial charge is 0.317 e. The summed E-state index contributed by atoms with van der Waals surface area (Å²) in [4.78, 5) is 17.1. The Labute approximate surface area is 130 Å². The zero-order valence-corrected chi connectivity index (χ0v) is 13.4. The van der Waals surface area contributed by atoms with Crippen molar-refractivity contribution in [2.45, 2.75) is 19.9 Å². The maximum absolute atomic E-state index is 12.0. The Balaban J connectivity index is 1.85. The van der Waals surface area contributed by atoms with Crippen molar-refractivity contribution >= 4 is 17.4 Å². The maximum atomic E-state index is 12.0. The van der Waals surface area contributed by atoms with Gasteiger partial charge in [-0.2, -0.15) is 5.26 Å². The minimum absolute atomic E-state index is 0.00739. The standard InChI is InChI=1S/C15H22N4OS/c1-12(2)11-17-15(20)19-7-5-18(6-8-19)13(10-16)14-4-3-9-21-14/h3-4,9,12-13H,5-8,11H2,1-2H3,(H,17,20). The van der Waals surface area contributed by atoms with E-state index in [0.29, 0.717) is 25.6 Å². The number of hydrogen-bond donors (Lipinski definition) is 1. The van der Waals surface area contributed by atoms with Crippen molar-refractivity contribution in [3.05, 3.63) is 22.4 Å². The molecule has 1 aromatic heterocycles. The third-order valence-corrected chi connectivity index (χ3v) is 4.49. The van der Waals surface area contributed by atoms with E-state index in [1.54, 1.807) is 11.3 Å². The van der Waals surface area contributed by atoms with Crippen molar-refractivity contribution in [2.24, 2.45) is 5.92 Å². The van der Waals surface area contributed by atoms with Crippen molar-refractivity contribution in [3.8, 4) is 6.07 Å². The maximum Gasteiger partial charge on any atom is 0.317 e. The molecular formula is C15H22N4OS. The second-order valence-electron chi connectivity index (χ2n) is 5.65. The molecule has 0 saturated carbocycles. The Bertz CT molecular complexity index is 486. The summed E-state index contributed by atoms with van der Waals surface area (Å²) < 4.78 is 0. The first-order valence-electron chi connectivity index (χ1n) is 7.31. The van der Waals surface area contributed by atoms with Gasteiger partial charge in [-0.25, -0.2) is 4.79 Å². The molecule has 1 aliphatic rings. The van der Waals surface area contributed by atoms with Crippen LogP contribution in [0.25, 0.3) is 0 Å². The molecule has 1 saturated heterocycles. The second kappa shape index (κ2) is 7.43. The zero-order chi connectivity index (χ0) is 15.2. The van der Waals surface area contributed by atoms with Gasteiger partial charge in [-0.15, -0.1) is 11.3 Å². The number of carbonyl (C=O) groups is 1. The summed E-state index contributed by atoms with van der Waals surface area (Å²) in [6.45, 7) is 7.69. The summed E-state index contributed by atoms with van der Waals surface area (Å²) in [5.41, 5.74) is 0. The van der Waals surface area contributed by atoms with Crippen LogP contribution in [0.4, 0.5) is 4.79 Å². The van der Waals surface area contributed by atoms with Crippen LogP contribution in [0.2, 0.25) is 0 Å². The summed E-state index contributed by atoms with van der Waals surface area (Å²) in [5, 5.41) is 14.3. The van der Waals surface area contributed by atoms with Crippen molar-refractivity contribution in [1.82, 2.24) is 15.1 Å². The molecule has 6 heteroatoms. The average Bonchev–Trinajstić information content (AvgIpc) is 3.00. The van der Waals surface area contributed by atoms with E-state index in [0.717, 1.165) is 18.0 Å². The van der Waals surface area contributed by atoms with Crippen molar-refractivity contribution in [2.75, 3.05) is 32.7 Å². The predicted molar refractivity (Wildman–Crippen MR) is 84.1 cm³/mol. The summed E-state index contributed by atoms with van der Waals surface area (Å²) in [6.07, 6.45) is 0. The van der Waals surface area contributed by atoms with Gasteiger partial charge in [0.25, 0.3) is 0 Å². The predicted octanol–water partition coefficient (Wildman–Crippen LogP) is 2.30. The highest BCUT2D eigenvalue weighted by molar-refractivity contribution is 7.10. The van der Waals surface area contributed by atoms with Crippen LogP contribution in [0, 0.1) is 17.2 Å². The molecule has 1 fully saturated rings. The van der Waals surface area contributed by atoms with Gasteiger partial charge in [0.2, 0.25) is 0 Å². The Morgan fingerprint density at radius 3 is 2.67 bits per heavy atom. The zero-order valence-electron chi connectivity index (χ0n) is 12.6. The van der Waals surface area contributed by atoms with Crippen LogP contribution in [-0.2, 0) is 0 Å². The van der Waals surface area contributed by atoms with Crippen LogP contribution in [0.15, 0.2) is 17.5 Å². The highest BCUT2D eigenvalue weighted by atomic mass is 32.1. The van der Waals surface area contributed by atoms with Crippen LogP contribution < -0.4 is 5.32 Å². The van der Waals surface area contributed by atoms with Crippen molar-refractivity contribution < 1.29 is 4.79 Å². The molecule has 0 radical (unpaired) electrons. The Hall–Kier alpha value is -1.58. The lowest BCUT2D eigenvalue weighted by Gasteiger charge is -2.36. The normalized spacial score (nSPS) is 17.5. The molecule has 1 atom stereocenters. The number of thiophene rings is 1. The molecule has 0 aliphatic carbocycles. The average molecular weight is 306 g/mol. The Morgan fingerprint density at radius 2 is 2.14 bits per heavy atom. The van der Waals surface area contributed by atoms with Gasteiger partial charge in [-0.1, -0.05) is 19.9 Å². The van der Waals surface area contributed by atoms with E-state index in [2.05, 4.69) is 30.1 Å². The quantitative estimate of drug-likeness (QED) is 0.928. The highest BCUT2D eigenvalue weighted by Gasteiger charge is 2.27. The molecule has 0 aromatic carbocycles. The molecule has 5 nitrogen and oxygen atoms in total. The summed E-state index contributed by atoms with van der Waals surface area (Å²) in [6, 6.07) is 6.17. The number of urea groups is 1. The number of carbonyl (C=O) groups excluding carboxylic acids is 1. The first-order chi connectivity index (χ1) is 10.1. The van der Waals surface area contributed by atoms with Crippen LogP contribution >= 0.6 is 11.3 Å². The van der Waals surface area contributed by atoms with Crippen molar-refractivity contribution in [3.63, 3.8) is 0 Å². The van der Waals surface area contributed by atoms with Crippen LogP contribution in [-0.4, -0.2) is 48.6 Å². The van der Waals surface area contributed by atoms with Gasteiger partial charge in [-0.05, 0) is 17.4 Å². The molecule has 21 heavy (non-hydrogen) atoms. The summed E-state index contributed by atoms with van der Waals surface area (Å²) in [5.74, 6) is 0.456. The lowest BCUT2D eigenvalue weighted by molar-refractivity contribution is 0.125. The summed E-state index contributed by atoms with van der Waals surface area (Å²) >= 11 is 1.61. The van der Waals surface area contributed by atoms with Gasteiger partial charge in [0.15, 0.2) is 0 Å². The lowest BCUT2D eigenvalue weighted by Crippen LogP contribution is -2.52. The van der Waals surface area contributed by atoms with Gasteiger partial charge in [0, 0.05) is 37.6 Å². The number of nitrogens with one attached hydrogen (secondary N) is 1. The van der Waals surface area contributed by atoms with Gasteiger partial charge in [0.05, 0.1) is 6.07 Å². The highest BCUT2D eigenvalue weighted by Crippen LogP contribution is 2.25. The number of nitriles is 1. The lowest BCUT2D eigenvalue weighted by atomic mass is 10.2. The Kier molecular flexibility index (Phi) is 5.59. The second-order valence-corrected chi connectivity index (χ2v) is 6.63. The SMILES string of the molecule is CC(C)CNC(=O)N1CCN(C(C#N)c2cccs2)CC1. The van der Waals surface area contributed by atoms with E-state index in [9.17, 15) is 10.1 Å². The van der Waals surface area contributed by atoms with Crippen molar-refractivity contribution in [1.29, 1.82) is 5.26 Å². The molecule has 1 aromatic rings. The number of amides is 2. The van der Waals surface area contributed by atoms with Gasteiger partial charge in [0.1, 0.15) is 6.04 Å². The molecular weight excluding hydrogens is 284 g/mol. The molecule has 114 valence electrons. The van der Waals surface area contributed by atoms with E-state index < -0.39 is 0 Å². The first kappa shape index (κ1) is 15.8. The fourth-order valence-corrected chi connectivity index (χ4v) is 3.16. The Morgan fingerprint density at radius 1 is 1.43 bits per heavy atom. The van der Waals surface area contributed by atoms with E-state index in [1.807, 2.05) is 22.4 Å². The third kappa shape index (κ3) is 4.19. The monoisotopic (exact) mass is 306 g/mol. The first-order valence-corrected chi connectivity index (χ1v) is 8.19. The number of nitrogens with zero attached hydrogens (tertiary/aromatic N) is 3. The molecule has 1 aliphatic heterocycles. The van der Waals surface area contributed by atoms with Gasteiger partial charge >= 0.3 is 6.03 Å². The third-order valence-electron chi connectivity index (χ3n) is 3.56. The van der Waals surface area contributed by atoms with Crippen LogP contribution in [0.3, 0.4) is 0 Å². The van der Waals surface area contributed by atoms with Crippen LogP contribution in [0.1, 0.15) is 24.8 Å².